The summed E-state index contributed by atoms with van der Waals surface area (Å²) in [6.45, 7) is 2.44. The number of carbonyl (C=O) groups is 1. The minimum atomic E-state index is -0.193. The number of methoxy groups -OCH3 is 1. The molecule has 0 N–H and O–H groups in total. The van der Waals surface area contributed by atoms with Gasteiger partial charge in [0.15, 0.2) is 11.5 Å². The fraction of sp³-hybridized carbons (Fsp3) is 0.182. The zero-order valence-corrected chi connectivity index (χ0v) is 17.2. The molecule has 28 heavy (non-hydrogen) atoms. The second-order valence-corrected chi connectivity index (χ2v) is 8.21. The van der Waals surface area contributed by atoms with Crippen molar-refractivity contribution in [2.24, 2.45) is 0 Å². The first-order chi connectivity index (χ1) is 13.6. The number of rotatable bonds is 4. The number of carbonyl (C=O) groups excluding carboxylic acids is 1. The molecule has 6 heteroatoms. The van der Waals surface area contributed by atoms with E-state index in [2.05, 4.69) is 0 Å². The largest absolute Gasteiger partial charge is 0.493 e. The van der Waals surface area contributed by atoms with Crippen LogP contribution in [-0.4, -0.2) is 28.3 Å². The van der Waals surface area contributed by atoms with E-state index in [4.69, 9.17) is 21.7 Å². The lowest BCUT2D eigenvalue weighted by atomic mass is 10.0. The summed E-state index contributed by atoms with van der Waals surface area (Å²) in [6.07, 6.45) is 3.73. The highest BCUT2D eigenvalue weighted by Gasteiger charge is 2.33. The van der Waals surface area contributed by atoms with E-state index in [0.717, 1.165) is 22.4 Å². The van der Waals surface area contributed by atoms with Crippen LogP contribution in [0.5, 0.6) is 11.5 Å². The average Bonchev–Trinajstić information content (AvgIpc) is 2.96. The molecule has 2 aliphatic heterocycles. The number of nitrogens with zero attached hydrogens (tertiary/aromatic N) is 1. The minimum Gasteiger partial charge on any atom is -0.493 e. The fourth-order valence-corrected chi connectivity index (χ4v) is 4.44. The topological polar surface area (TPSA) is 38.8 Å². The minimum absolute atomic E-state index is 0.0663. The van der Waals surface area contributed by atoms with Gasteiger partial charge in [-0.2, -0.15) is 0 Å². The lowest BCUT2D eigenvalue weighted by Crippen LogP contribution is -2.27. The zero-order valence-electron chi connectivity index (χ0n) is 15.5. The molecule has 4 nitrogen and oxygen atoms in total. The van der Waals surface area contributed by atoms with Crippen molar-refractivity contribution in [3.63, 3.8) is 0 Å². The SMILES string of the molecule is COc1cccc2c1OC(C)C(/C=C1\SC(=S)N(Cc3ccccc3)C1=O)=C2. The molecule has 2 aliphatic rings. The maximum absolute atomic E-state index is 12.9. The summed E-state index contributed by atoms with van der Waals surface area (Å²) < 4.78 is 12.0. The molecule has 1 fully saturated rings. The molecule has 1 atom stereocenters. The Balaban J connectivity index is 1.61. The molecule has 1 amide bonds. The molecule has 2 aromatic rings. The van der Waals surface area contributed by atoms with Crippen LogP contribution in [0.3, 0.4) is 0 Å². The lowest BCUT2D eigenvalue weighted by Gasteiger charge is -2.24. The summed E-state index contributed by atoms with van der Waals surface area (Å²) in [5, 5.41) is 0. The van der Waals surface area contributed by atoms with Gasteiger partial charge in [-0.1, -0.05) is 66.4 Å². The molecule has 2 heterocycles. The molecule has 0 bridgehead atoms. The van der Waals surface area contributed by atoms with Crippen molar-refractivity contribution in [2.45, 2.75) is 19.6 Å². The molecule has 2 aromatic carbocycles. The third-order valence-electron chi connectivity index (χ3n) is 4.67. The number of ether oxygens (including phenoxy) is 2. The summed E-state index contributed by atoms with van der Waals surface area (Å²) in [6, 6.07) is 15.6. The lowest BCUT2D eigenvalue weighted by molar-refractivity contribution is -0.122. The van der Waals surface area contributed by atoms with Crippen LogP contribution in [0, 0.1) is 0 Å². The number of thiocarbonyl (C=S) groups is 1. The van der Waals surface area contributed by atoms with Gasteiger partial charge >= 0.3 is 0 Å². The summed E-state index contributed by atoms with van der Waals surface area (Å²) in [4.78, 5) is 15.2. The highest BCUT2D eigenvalue weighted by atomic mass is 32.2. The van der Waals surface area contributed by atoms with Crippen LogP contribution in [0.2, 0.25) is 0 Å². The van der Waals surface area contributed by atoms with Crippen molar-refractivity contribution in [1.29, 1.82) is 0 Å². The number of para-hydroxylation sites is 1. The van der Waals surface area contributed by atoms with Gasteiger partial charge in [0.05, 0.1) is 18.6 Å². The third-order valence-corrected chi connectivity index (χ3v) is 6.05. The molecule has 0 radical (unpaired) electrons. The molecule has 1 unspecified atom stereocenters. The number of fused-ring (bicyclic) bond motifs is 1. The number of benzene rings is 2. The van der Waals surface area contributed by atoms with Crippen molar-refractivity contribution in [2.75, 3.05) is 7.11 Å². The van der Waals surface area contributed by atoms with Crippen LogP contribution in [-0.2, 0) is 11.3 Å². The van der Waals surface area contributed by atoms with Gasteiger partial charge in [-0.15, -0.1) is 0 Å². The van der Waals surface area contributed by atoms with E-state index in [1.807, 2.05) is 67.6 Å². The second kappa shape index (κ2) is 7.81. The smallest absolute Gasteiger partial charge is 0.266 e. The molecular formula is C22H19NO3S2. The maximum atomic E-state index is 12.9. The van der Waals surface area contributed by atoms with Crippen molar-refractivity contribution >= 4 is 40.3 Å². The van der Waals surface area contributed by atoms with E-state index in [0.29, 0.717) is 21.5 Å². The molecule has 4 rings (SSSR count). The van der Waals surface area contributed by atoms with Gasteiger partial charge < -0.3 is 9.47 Å². The van der Waals surface area contributed by atoms with Crippen molar-refractivity contribution in [1.82, 2.24) is 4.90 Å². The van der Waals surface area contributed by atoms with Gasteiger partial charge in [0.25, 0.3) is 5.91 Å². The van der Waals surface area contributed by atoms with Crippen LogP contribution in [0.1, 0.15) is 18.1 Å². The van der Waals surface area contributed by atoms with E-state index in [9.17, 15) is 4.79 Å². The summed E-state index contributed by atoms with van der Waals surface area (Å²) in [5.74, 6) is 1.36. The average molecular weight is 410 g/mol. The first kappa shape index (κ1) is 18.8. The predicted octanol–water partition coefficient (Wildman–Crippen LogP) is 4.80. The normalized spacial score (nSPS) is 20.1. The molecule has 1 saturated heterocycles. The first-order valence-corrected chi connectivity index (χ1v) is 10.1. The number of thioether (sulfide) groups is 1. The van der Waals surface area contributed by atoms with Gasteiger partial charge in [-0.3, -0.25) is 9.69 Å². The van der Waals surface area contributed by atoms with Gasteiger partial charge in [-0.05, 0) is 36.3 Å². The zero-order chi connectivity index (χ0) is 19.7. The summed E-state index contributed by atoms with van der Waals surface area (Å²) >= 11 is 6.78. The summed E-state index contributed by atoms with van der Waals surface area (Å²) in [5.41, 5.74) is 2.92. The first-order valence-electron chi connectivity index (χ1n) is 8.91. The number of hydrogen-bond donors (Lipinski definition) is 0. The third kappa shape index (κ3) is 3.57. The van der Waals surface area contributed by atoms with Crippen molar-refractivity contribution in [3.8, 4) is 11.5 Å². The number of hydrogen-bond acceptors (Lipinski definition) is 5. The Morgan fingerprint density at radius 2 is 2.00 bits per heavy atom. The Kier molecular flexibility index (Phi) is 5.24. The maximum Gasteiger partial charge on any atom is 0.266 e. The van der Waals surface area contributed by atoms with Crippen LogP contribution < -0.4 is 9.47 Å². The molecule has 142 valence electrons. The molecule has 0 spiro atoms. The fourth-order valence-electron chi connectivity index (χ4n) is 3.19. The summed E-state index contributed by atoms with van der Waals surface area (Å²) in [7, 11) is 1.63. The highest BCUT2D eigenvalue weighted by Crippen LogP contribution is 2.40. The standard InChI is InChI=1S/C22H19NO3S2/c1-14-17(11-16-9-6-10-18(25-2)20(16)26-14)12-19-21(24)23(22(27)28-19)13-15-7-4-3-5-8-15/h3-12,14H,13H2,1-2H3/b19-12-. The predicted molar refractivity (Wildman–Crippen MR) is 116 cm³/mol. The van der Waals surface area contributed by atoms with E-state index in [-0.39, 0.29) is 12.0 Å². The van der Waals surface area contributed by atoms with Gasteiger partial charge in [0, 0.05) is 5.56 Å². The van der Waals surface area contributed by atoms with E-state index in [1.54, 1.807) is 12.0 Å². The van der Waals surface area contributed by atoms with Crippen LogP contribution in [0.25, 0.3) is 6.08 Å². The van der Waals surface area contributed by atoms with E-state index in [1.165, 1.54) is 11.8 Å². The van der Waals surface area contributed by atoms with Gasteiger partial charge in [0.1, 0.15) is 10.4 Å². The molecule has 0 aromatic heterocycles. The Bertz CT molecular complexity index is 998. The Hall–Kier alpha value is -2.57. The van der Waals surface area contributed by atoms with E-state index < -0.39 is 0 Å². The van der Waals surface area contributed by atoms with Crippen LogP contribution >= 0.6 is 24.0 Å². The Morgan fingerprint density at radius 1 is 1.21 bits per heavy atom. The van der Waals surface area contributed by atoms with Crippen molar-refractivity contribution < 1.29 is 14.3 Å². The Morgan fingerprint density at radius 3 is 2.75 bits per heavy atom. The monoisotopic (exact) mass is 409 g/mol. The highest BCUT2D eigenvalue weighted by molar-refractivity contribution is 8.26. The second-order valence-electron chi connectivity index (χ2n) is 6.54. The van der Waals surface area contributed by atoms with Crippen LogP contribution in [0.15, 0.2) is 65.1 Å². The Labute approximate surface area is 173 Å². The van der Waals surface area contributed by atoms with Gasteiger partial charge in [0.2, 0.25) is 0 Å². The van der Waals surface area contributed by atoms with Crippen LogP contribution in [0.4, 0.5) is 0 Å². The van der Waals surface area contributed by atoms with Crippen molar-refractivity contribution in [3.05, 3.63) is 76.2 Å². The number of amides is 1. The van der Waals surface area contributed by atoms with E-state index >= 15 is 0 Å². The quantitative estimate of drug-likeness (QED) is 0.536. The van der Waals surface area contributed by atoms with Gasteiger partial charge in [-0.25, -0.2) is 0 Å². The molecule has 0 saturated carbocycles. The molecular weight excluding hydrogens is 390 g/mol. The molecule has 0 aliphatic carbocycles.